The van der Waals surface area contributed by atoms with Gasteiger partial charge in [-0.25, -0.2) is 0 Å². The molecule has 3 aliphatic rings. The number of furan rings is 1. The van der Waals surface area contributed by atoms with E-state index in [2.05, 4.69) is 11.0 Å². The van der Waals surface area contributed by atoms with Crippen molar-refractivity contribution in [3.63, 3.8) is 0 Å². The second-order valence-electron chi connectivity index (χ2n) is 6.68. The summed E-state index contributed by atoms with van der Waals surface area (Å²) in [7, 11) is 0. The van der Waals surface area contributed by atoms with Crippen LogP contribution in [0.3, 0.4) is 0 Å². The highest BCUT2D eigenvalue weighted by molar-refractivity contribution is 5.24. The minimum absolute atomic E-state index is 0.441. The number of aryl methyl sites for hydroxylation is 1. The van der Waals surface area contributed by atoms with Gasteiger partial charge in [-0.1, -0.05) is 6.42 Å². The monoisotopic (exact) mass is 260 g/mol. The van der Waals surface area contributed by atoms with Gasteiger partial charge in [-0.05, 0) is 43.6 Å². The Morgan fingerprint density at radius 2 is 2.11 bits per heavy atom. The predicted molar refractivity (Wildman–Crippen MR) is 74.8 cm³/mol. The molecule has 0 radical (unpaired) electrons. The summed E-state index contributed by atoms with van der Waals surface area (Å²) >= 11 is 0. The van der Waals surface area contributed by atoms with Gasteiger partial charge in [0, 0.05) is 37.2 Å². The summed E-state index contributed by atoms with van der Waals surface area (Å²) in [6.45, 7) is 2.47. The third-order valence-corrected chi connectivity index (χ3v) is 5.64. The van der Waals surface area contributed by atoms with E-state index in [9.17, 15) is 0 Å². The van der Waals surface area contributed by atoms with Gasteiger partial charge in [0.2, 0.25) is 0 Å². The zero-order valence-electron chi connectivity index (χ0n) is 11.6. The molecule has 2 fully saturated rings. The van der Waals surface area contributed by atoms with E-state index in [1.54, 1.807) is 0 Å². The highest BCUT2D eigenvalue weighted by atomic mass is 16.3. The third-order valence-electron chi connectivity index (χ3n) is 5.64. The Morgan fingerprint density at radius 1 is 1.16 bits per heavy atom. The molecule has 2 aliphatic carbocycles. The molecule has 1 saturated heterocycles. The Balaban J connectivity index is 1.56. The van der Waals surface area contributed by atoms with Gasteiger partial charge in [-0.2, -0.15) is 0 Å². The van der Waals surface area contributed by atoms with Crippen molar-refractivity contribution < 1.29 is 4.42 Å². The van der Waals surface area contributed by atoms with Crippen molar-refractivity contribution in [1.82, 2.24) is 4.90 Å². The van der Waals surface area contributed by atoms with Crippen LogP contribution >= 0.6 is 0 Å². The molecule has 3 heteroatoms. The molecule has 1 aromatic rings. The van der Waals surface area contributed by atoms with Crippen molar-refractivity contribution in [1.29, 1.82) is 0 Å². The number of nitrogens with two attached hydrogens (primary N) is 1. The molecular weight excluding hydrogens is 236 g/mol. The fourth-order valence-corrected chi connectivity index (χ4v) is 4.65. The van der Waals surface area contributed by atoms with Crippen LogP contribution in [0.15, 0.2) is 16.7 Å². The van der Waals surface area contributed by atoms with Gasteiger partial charge in [-0.3, -0.25) is 4.90 Å². The minimum atomic E-state index is 0.441. The lowest BCUT2D eigenvalue weighted by molar-refractivity contribution is 0.204. The van der Waals surface area contributed by atoms with E-state index in [0.29, 0.717) is 12.1 Å². The first-order chi connectivity index (χ1) is 9.33. The first kappa shape index (κ1) is 12.0. The van der Waals surface area contributed by atoms with Gasteiger partial charge in [-0.15, -0.1) is 0 Å². The molecule has 2 heterocycles. The fourth-order valence-electron chi connectivity index (χ4n) is 4.65. The Labute approximate surface area is 115 Å². The van der Waals surface area contributed by atoms with Gasteiger partial charge >= 0.3 is 0 Å². The summed E-state index contributed by atoms with van der Waals surface area (Å²) in [6.07, 6.45) is 9.51. The van der Waals surface area contributed by atoms with Gasteiger partial charge in [0.05, 0.1) is 6.26 Å². The number of likely N-dealkylation sites (tertiary alicyclic amines) is 1. The molecule has 104 valence electrons. The summed E-state index contributed by atoms with van der Waals surface area (Å²) in [6, 6.07) is 3.23. The molecule has 0 aromatic carbocycles. The standard InChI is InChI=1S/C16H24N2O/c17-14-4-1-3-11-9-18(10-13(11)14)15-5-2-6-16-12(15)7-8-19-16/h7-8,11,13-15H,1-6,9-10,17H2. The summed E-state index contributed by atoms with van der Waals surface area (Å²) in [5.74, 6) is 2.82. The van der Waals surface area contributed by atoms with Crippen LogP contribution < -0.4 is 5.73 Å². The van der Waals surface area contributed by atoms with Gasteiger partial charge in [0.15, 0.2) is 0 Å². The Hall–Kier alpha value is -0.800. The predicted octanol–water partition coefficient (Wildman–Crippen LogP) is 2.72. The molecular formula is C16H24N2O. The average Bonchev–Trinajstić information content (AvgIpc) is 3.05. The van der Waals surface area contributed by atoms with Crippen molar-refractivity contribution >= 4 is 0 Å². The van der Waals surface area contributed by atoms with Crippen LogP contribution in [0, 0.1) is 11.8 Å². The van der Waals surface area contributed by atoms with E-state index in [-0.39, 0.29) is 0 Å². The van der Waals surface area contributed by atoms with Crippen LogP contribution in [-0.4, -0.2) is 24.0 Å². The van der Waals surface area contributed by atoms with Crippen LogP contribution in [0.1, 0.15) is 49.5 Å². The quantitative estimate of drug-likeness (QED) is 0.844. The highest BCUT2D eigenvalue weighted by Crippen LogP contribution is 2.42. The van der Waals surface area contributed by atoms with E-state index in [1.165, 1.54) is 56.5 Å². The highest BCUT2D eigenvalue weighted by Gasteiger charge is 2.42. The lowest BCUT2D eigenvalue weighted by atomic mass is 9.78. The summed E-state index contributed by atoms with van der Waals surface area (Å²) in [5, 5.41) is 0. The van der Waals surface area contributed by atoms with Gasteiger partial charge in [0.1, 0.15) is 5.76 Å². The molecule has 2 N–H and O–H groups in total. The molecule has 0 spiro atoms. The Kier molecular flexibility index (Phi) is 2.92. The maximum atomic E-state index is 6.34. The van der Waals surface area contributed by atoms with Gasteiger partial charge < -0.3 is 10.2 Å². The lowest BCUT2D eigenvalue weighted by Gasteiger charge is -2.31. The van der Waals surface area contributed by atoms with Crippen LogP contribution in [-0.2, 0) is 6.42 Å². The zero-order valence-corrected chi connectivity index (χ0v) is 11.6. The van der Waals surface area contributed by atoms with Crippen LogP contribution in [0.5, 0.6) is 0 Å². The SMILES string of the molecule is NC1CCCC2CN(C3CCCc4occc43)CC12. The summed E-state index contributed by atoms with van der Waals surface area (Å²) < 4.78 is 5.63. The van der Waals surface area contributed by atoms with E-state index >= 15 is 0 Å². The molecule has 1 aromatic heterocycles. The van der Waals surface area contributed by atoms with E-state index < -0.39 is 0 Å². The van der Waals surface area contributed by atoms with Crippen LogP contribution in [0.4, 0.5) is 0 Å². The van der Waals surface area contributed by atoms with Crippen molar-refractivity contribution in [2.45, 2.75) is 50.6 Å². The molecule has 4 unspecified atom stereocenters. The number of hydrogen-bond acceptors (Lipinski definition) is 3. The maximum absolute atomic E-state index is 6.34. The first-order valence-corrected chi connectivity index (χ1v) is 7.89. The van der Waals surface area contributed by atoms with Crippen molar-refractivity contribution in [3.05, 3.63) is 23.7 Å². The minimum Gasteiger partial charge on any atom is -0.469 e. The second-order valence-corrected chi connectivity index (χ2v) is 6.68. The largest absolute Gasteiger partial charge is 0.469 e. The van der Waals surface area contributed by atoms with Crippen molar-refractivity contribution in [2.24, 2.45) is 17.6 Å². The summed E-state index contributed by atoms with van der Waals surface area (Å²) in [5.41, 5.74) is 7.80. The molecule has 3 nitrogen and oxygen atoms in total. The first-order valence-electron chi connectivity index (χ1n) is 7.89. The number of nitrogens with zero attached hydrogens (tertiary/aromatic N) is 1. The number of rotatable bonds is 1. The molecule has 0 amide bonds. The number of hydrogen-bond donors (Lipinski definition) is 1. The van der Waals surface area contributed by atoms with E-state index in [1.807, 2.05) is 6.26 Å². The Bertz CT molecular complexity index is 455. The zero-order chi connectivity index (χ0) is 12.8. The molecule has 0 bridgehead atoms. The van der Waals surface area contributed by atoms with E-state index in [4.69, 9.17) is 10.2 Å². The lowest BCUT2D eigenvalue weighted by Crippen LogP contribution is -2.38. The third kappa shape index (κ3) is 1.95. The average molecular weight is 260 g/mol. The van der Waals surface area contributed by atoms with Crippen molar-refractivity contribution in [3.8, 4) is 0 Å². The fraction of sp³-hybridized carbons (Fsp3) is 0.750. The van der Waals surface area contributed by atoms with Crippen LogP contribution in [0.25, 0.3) is 0 Å². The van der Waals surface area contributed by atoms with Crippen molar-refractivity contribution in [2.75, 3.05) is 13.1 Å². The molecule has 1 saturated carbocycles. The Morgan fingerprint density at radius 3 is 3.00 bits per heavy atom. The van der Waals surface area contributed by atoms with Gasteiger partial charge in [0.25, 0.3) is 0 Å². The maximum Gasteiger partial charge on any atom is 0.108 e. The second kappa shape index (κ2) is 4.64. The molecule has 19 heavy (non-hydrogen) atoms. The summed E-state index contributed by atoms with van der Waals surface area (Å²) in [4.78, 5) is 2.70. The normalized spacial score (nSPS) is 39.0. The smallest absolute Gasteiger partial charge is 0.108 e. The van der Waals surface area contributed by atoms with Crippen LogP contribution in [0.2, 0.25) is 0 Å². The molecule has 4 rings (SSSR count). The molecule has 4 atom stereocenters. The van der Waals surface area contributed by atoms with E-state index in [0.717, 1.165) is 18.3 Å². The topological polar surface area (TPSA) is 42.4 Å². The molecule has 1 aliphatic heterocycles. The number of fused-ring (bicyclic) bond motifs is 2.